The lowest BCUT2D eigenvalue weighted by Gasteiger charge is -2.18. The minimum atomic E-state index is -0.862. The molecule has 0 fully saturated rings. The van der Waals surface area contributed by atoms with E-state index in [9.17, 15) is 18.8 Å². The lowest BCUT2D eigenvalue weighted by atomic mass is 10.1. The molecule has 1 heterocycles. The molecule has 0 saturated heterocycles. The van der Waals surface area contributed by atoms with E-state index in [4.69, 9.17) is 4.74 Å². The number of benzene rings is 2. The first-order valence-electron chi connectivity index (χ1n) is 9.28. The number of para-hydroxylation sites is 1. The molecule has 1 amide bonds. The van der Waals surface area contributed by atoms with Gasteiger partial charge in [-0.05, 0) is 24.6 Å². The molecule has 0 spiro atoms. The first-order chi connectivity index (χ1) is 14.5. The van der Waals surface area contributed by atoms with Crippen molar-refractivity contribution in [1.29, 1.82) is 0 Å². The minimum absolute atomic E-state index is 0.142. The van der Waals surface area contributed by atoms with Crippen LogP contribution in [0.25, 0.3) is 5.69 Å². The number of hydrogen-bond acceptors (Lipinski definition) is 5. The number of hydrogen-bond donors (Lipinski definition) is 1. The SMILES string of the molecule is COCCNC(=O)c1nn(-c2ccccc2F)c(=O)n([C@@H](C)c2ccccc2)c1=O. The highest BCUT2D eigenvalue weighted by Gasteiger charge is 2.24. The summed E-state index contributed by atoms with van der Waals surface area (Å²) in [5.41, 5.74) is -1.72. The van der Waals surface area contributed by atoms with E-state index in [-0.39, 0.29) is 18.8 Å². The van der Waals surface area contributed by atoms with Crippen molar-refractivity contribution < 1.29 is 13.9 Å². The second-order valence-electron chi connectivity index (χ2n) is 6.50. The van der Waals surface area contributed by atoms with Crippen molar-refractivity contribution in [2.24, 2.45) is 0 Å². The Morgan fingerprint density at radius 1 is 1.13 bits per heavy atom. The molecule has 1 N–H and O–H groups in total. The molecule has 3 aromatic rings. The molecular weight excluding hydrogens is 391 g/mol. The number of methoxy groups -OCH3 is 1. The summed E-state index contributed by atoms with van der Waals surface area (Å²) < 4.78 is 20.9. The minimum Gasteiger partial charge on any atom is -0.383 e. The Morgan fingerprint density at radius 2 is 1.80 bits per heavy atom. The van der Waals surface area contributed by atoms with Crippen molar-refractivity contribution >= 4 is 5.91 Å². The second kappa shape index (κ2) is 9.27. The monoisotopic (exact) mass is 412 g/mol. The Labute approximate surface area is 171 Å². The number of aromatic nitrogens is 3. The fraction of sp³-hybridized carbons (Fsp3) is 0.238. The van der Waals surface area contributed by atoms with Gasteiger partial charge in [0.25, 0.3) is 11.5 Å². The lowest BCUT2D eigenvalue weighted by molar-refractivity contribution is 0.0927. The van der Waals surface area contributed by atoms with Gasteiger partial charge in [-0.1, -0.05) is 42.5 Å². The summed E-state index contributed by atoms with van der Waals surface area (Å²) in [5.74, 6) is -1.49. The topological polar surface area (TPSA) is 95.2 Å². The Morgan fingerprint density at radius 3 is 2.47 bits per heavy atom. The summed E-state index contributed by atoms with van der Waals surface area (Å²) in [6, 6.07) is 13.6. The zero-order chi connectivity index (χ0) is 21.7. The van der Waals surface area contributed by atoms with Gasteiger partial charge >= 0.3 is 5.69 Å². The smallest absolute Gasteiger partial charge is 0.352 e. The van der Waals surface area contributed by atoms with Gasteiger partial charge in [-0.25, -0.2) is 13.8 Å². The van der Waals surface area contributed by atoms with Gasteiger partial charge < -0.3 is 10.1 Å². The van der Waals surface area contributed by atoms with E-state index in [1.165, 1.54) is 25.3 Å². The van der Waals surface area contributed by atoms with Crippen LogP contribution in [0.15, 0.2) is 64.2 Å². The molecule has 0 aliphatic carbocycles. The van der Waals surface area contributed by atoms with Crippen molar-refractivity contribution in [2.45, 2.75) is 13.0 Å². The molecule has 8 nitrogen and oxygen atoms in total. The van der Waals surface area contributed by atoms with E-state index >= 15 is 0 Å². The Bertz CT molecular complexity index is 1160. The van der Waals surface area contributed by atoms with Crippen molar-refractivity contribution in [3.63, 3.8) is 0 Å². The fourth-order valence-electron chi connectivity index (χ4n) is 2.98. The van der Waals surface area contributed by atoms with Crippen molar-refractivity contribution in [2.75, 3.05) is 20.3 Å². The Kier molecular flexibility index (Phi) is 6.53. The van der Waals surface area contributed by atoms with Gasteiger partial charge in [0.1, 0.15) is 11.5 Å². The van der Waals surface area contributed by atoms with Crippen LogP contribution in [0.2, 0.25) is 0 Å². The summed E-state index contributed by atoms with van der Waals surface area (Å²) >= 11 is 0. The maximum absolute atomic E-state index is 14.4. The highest BCUT2D eigenvalue weighted by Crippen LogP contribution is 2.15. The van der Waals surface area contributed by atoms with Crippen molar-refractivity contribution in [3.8, 4) is 5.69 Å². The molecule has 1 aromatic heterocycles. The van der Waals surface area contributed by atoms with E-state index in [2.05, 4.69) is 10.4 Å². The van der Waals surface area contributed by atoms with Crippen LogP contribution >= 0.6 is 0 Å². The lowest BCUT2D eigenvalue weighted by Crippen LogP contribution is -2.47. The molecule has 9 heteroatoms. The van der Waals surface area contributed by atoms with E-state index in [0.29, 0.717) is 5.56 Å². The number of ether oxygens (including phenoxy) is 1. The summed E-state index contributed by atoms with van der Waals surface area (Å²) in [4.78, 5) is 38.8. The molecule has 0 radical (unpaired) electrons. The average molecular weight is 412 g/mol. The first kappa shape index (κ1) is 21.1. The third-order valence-electron chi connectivity index (χ3n) is 4.57. The van der Waals surface area contributed by atoms with E-state index < -0.39 is 34.7 Å². The number of carbonyl (C=O) groups is 1. The standard InChI is InChI=1S/C21H21FN4O4/c1-14(15-8-4-3-5-9-15)25-20(28)18(19(27)23-12-13-30-2)24-26(21(25)29)17-11-7-6-10-16(17)22/h3-11,14H,12-13H2,1-2H3,(H,23,27)/t14-/m0/s1. The van der Waals surface area contributed by atoms with Crippen molar-refractivity contribution in [1.82, 2.24) is 19.7 Å². The molecule has 3 rings (SSSR count). The van der Waals surface area contributed by atoms with Crippen LogP contribution in [0.3, 0.4) is 0 Å². The number of halogens is 1. The van der Waals surface area contributed by atoms with Crippen LogP contribution in [0, 0.1) is 5.82 Å². The molecule has 0 saturated carbocycles. The Hall–Kier alpha value is -3.59. The number of nitrogens with one attached hydrogen (secondary N) is 1. The molecule has 0 unspecified atom stereocenters. The maximum Gasteiger partial charge on any atom is 0.352 e. The van der Waals surface area contributed by atoms with Crippen LogP contribution < -0.4 is 16.6 Å². The van der Waals surface area contributed by atoms with Crippen LogP contribution in [0.1, 0.15) is 29.0 Å². The molecule has 2 aromatic carbocycles. The van der Waals surface area contributed by atoms with E-state index in [1.54, 1.807) is 37.3 Å². The van der Waals surface area contributed by atoms with Crippen molar-refractivity contribution in [3.05, 3.63) is 92.5 Å². The number of rotatable bonds is 7. The summed E-state index contributed by atoms with van der Waals surface area (Å²) in [5, 5.41) is 6.41. The molecule has 0 bridgehead atoms. The summed E-state index contributed by atoms with van der Waals surface area (Å²) in [7, 11) is 1.47. The summed E-state index contributed by atoms with van der Waals surface area (Å²) in [6.45, 7) is 2.02. The summed E-state index contributed by atoms with van der Waals surface area (Å²) in [6.07, 6.45) is 0. The zero-order valence-corrected chi connectivity index (χ0v) is 16.5. The molecule has 0 aliphatic heterocycles. The molecule has 30 heavy (non-hydrogen) atoms. The van der Waals surface area contributed by atoms with Gasteiger partial charge in [0.05, 0.1) is 12.6 Å². The van der Waals surface area contributed by atoms with Gasteiger partial charge in [-0.2, -0.15) is 9.78 Å². The van der Waals surface area contributed by atoms with Gasteiger partial charge in [-0.3, -0.25) is 9.59 Å². The molecule has 156 valence electrons. The highest BCUT2D eigenvalue weighted by molar-refractivity contribution is 5.91. The number of nitrogens with zero attached hydrogens (tertiary/aromatic N) is 3. The van der Waals surface area contributed by atoms with E-state index in [0.717, 1.165) is 15.3 Å². The zero-order valence-electron chi connectivity index (χ0n) is 16.5. The van der Waals surface area contributed by atoms with Crippen LogP contribution in [0.5, 0.6) is 0 Å². The largest absolute Gasteiger partial charge is 0.383 e. The average Bonchev–Trinajstić information content (AvgIpc) is 2.75. The second-order valence-corrected chi connectivity index (χ2v) is 6.50. The Balaban J connectivity index is 2.22. The van der Waals surface area contributed by atoms with Gasteiger partial charge in [0.2, 0.25) is 5.69 Å². The third kappa shape index (κ3) is 4.20. The number of carbonyl (C=O) groups excluding carboxylic acids is 1. The molecule has 1 atom stereocenters. The number of amides is 1. The normalized spacial score (nSPS) is 11.8. The van der Waals surface area contributed by atoms with Crippen LogP contribution in [0.4, 0.5) is 4.39 Å². The quantitative estimate of drug-likeness (QED) is 0.594. The van der Waals surface area contributed by atoms with Gasteiger partial charge in [-0.15, -0.1) is 0 Å². The van der Waals surface area contributed by atoms with Gasteiger partial charge in [0, 0.05) is 13.7 Å². The fourth-order valence-corrected chi connectivity index (χ4v) is 2.98. The predicted molar refractivity (Wildman–Crippen MR) is 109 cm³/mol. The van der Waals surface area contributed by atoms with Crippen LogP contribution in [-0.2, 0) is 4.74 Å². The highest BCUT2D eigenvalue weighted by atomic mass is 19.1. The first-order valence-corrected chi connectivity index (χ1v) is 9.28. The third-order valence-corrected chi connectivity index (χ3v) is 4.57. The van der Waals surface area contributed by atoms with Crippen LogP contribution in [-0.4, -0.2) is 40.5 Å². The van der Waals surface area contributed by atoms with E-state index in [1.807, 2.05) is 0 Å². The molecule has 0 aliphatic rings. The predicted octanol–water partition coefficient (Wildman–Crippen LogP) is 1.52. The maximum atomic E-state index is 14.4. The van der Waals surface area contributed by atoms with Gasteiger partial charge in [0.15, 0.2) is 0 Å². The molecular formula is C21H21FN4O4.